The molecule has 2 aromatic carbocycles. The maximum atomic E-state index is 5.53. The lowest BCUT2D eigenvalue weighted by molar-refractivity contribution is 0.171. The molecular weight excluding hydrogens is 316 g/mol. The van der Waals surface area contributed by atoms with E-state index in [1.807, 2.05) is 26.2 Å². The van der Waals surface area contributed by atoms with Crippen molar-refractivity contribution in [2.24, 2.45) is 0 Å². The number of fused-ring (bicyclic) bond motifs is 2. The molecule has 1 aromatic heterocycles. The van der Waals surface area contributed by atoms with Crippen LogP contribution in [0.15, 0.2) is 36.4 Å². The van der Waals surface area contributed by atoms with E-state index in [0.717, 1.165) is 27.8 Å². The van der Waals surface area contributed by atoms with Crippen LogP contribution in [0, 0.1) is 6.92 Å². The first kappa shape index (κ1) is 15.6. The molecule has 0 saturated carbocycles. The van der Waals surface area contributed by atoms with Crippen molar-refractivity contribution in [2.45, 2.75) is 6.92 Å². The number of aryl methyl sites for hydroxylation is 1. The minimum absolute atomic E-state index is 0.214. The zero-order chi connectivity index (χ0) is 17.6. The number of rotatable bonds is 3. The zero-order valence-corrected chi connectivity index (χ0v) is 14.8. The first-order chi connectivity index (χ1) is 12.1. The molecule has 0 atom stereocenters. The van der Waals surface area contributed by atoms with Gasteiger partial charge in [0.15, 0.2) is 11.5 Å². The summed E-state index contributed by atoms with van der Waals surface area (Å²) in [5.74, 6) is 2.00. The second kappa shape index (κ2) is 5.84. The lowest BCUT2D eigenvalue weighted by Gasteiger charge is -2.14. The normalized spacial score (nSPS) is 12.5. The smallest absolute Gasteiger partial charge is 0.231 e. The van der Waals surface area contributed by atoms with Crippen molar-refractivity contribution in [3.8, 4) is 28.5 Å². The predicted octanol–water partition coefficient (Wildman–Crippen LogP) is 4.01. The Morgan fingerprint density at radius 2 is 1.92 bits per heavy atom. The molecule has 0 bridgehead atoms. The number of benzene rings is 2. The van der Waals surface area contributed by atoms with Crippen molar-refractivity contribution in [1.82, 2.24) is 4.98 Å². The molecule has 0 saturated heterocycles. The summed E-state index contributed by atoms with van der Waals surface area (Å²) in [6.45, 7) is 2.32. The van der Waals surface area contributed by atoms with Crippen molar-refractivity contribution in [3.05, 3.63) is 42.0 Å². The van der Waals surface area contributed by atoms with E-state index in [9.17, 15) is 0 Å². The van der Waals surface area contributed by atoms with Gasteiger partial charge in [0.2, 0.25) is 12.5 Å². The minimum Gasteiger partial charge on any atom is -0.493 e. The van der Waals surface area contributed by atoms with Crippen LogP contribution in [0.3, 0.4) is 0 Å². The summed E-state index contributed by atoms with van der Waals surface area (Å²) in [6, 6.07) is 12.3. The van der Waals surface area contributed by atoms with Crippen LogP contribution in [0.4, 0.5) is 5.69 Å². The molecule has 25 heavy (non-hydrogen) atoms. The number of methoxy groups -OCH3 is 1. The van der Waals surface area contributed by atoms with Crippen molar-refractivity contribution in [2.75, 3.05) is 32.9 Å². The highest BCUT2D eigenvalue weighted by Crippen LogP contribution is 2.44. The van der Waals surface area contributed by atoms with Crippen molar-refractivity contribution >= 4 is 16.6 Å². The summed E-state index contributed by atoms with van der Waals surface area (Å²) in [7, 11) is 5.69. The molecule has 1 aliphatic rings. The highest BCUT2D eigenvalue weighted by molar-refractivity contribution is 5.88. The number of aromatic nitrogens is 1. The summed E-state index contributed by atoms with van der Waals surface area (Å²) >= 11 is 0. The van der Waals surface area contributed by atoms with Gasteiger partial charge in [-0.2, -0.15) is 0 Å². The van der Waals surface area contributed by atoms with Gasteiger partial charge < -0.3 is 19.1 Å². The summed E-state index contributed by atoms with van der Waals surface area (Å²) in [4.78, 5) is 6.95. The Kier molecular flexibility index (Phi) is 3.64. The van der Waals surface area contributed by atoms with Crippen LogP contribution < -0.4 is 19.1 Å². The summed E-state index contributed by atoms with van der Waals surface area (Å²) in [6.07, 6.45) is 0. The summed E-state index contributed by atoms with van der Waals surface area (Å²) in [5, 5.41) is 1.15. The average Bonchev–Trinajstić information content (AvgIpc) is 3.08. The first-order valence-corrected chi connectivity index (χ1v) is 8.13. The van der Waals surface area contributed by atoms with Crippen molar-refractivity contribution in [1.29, 1.82) is 0 Å². The van der Waals surface area contributed by atoms with Crippen LogP contribution in [0.1, 0.15) is 5.56 Å². The zero-order valence-electron chi connectivity index (χ0n) is 14.8. The van der Waals surface area contributed by atoms with Gasteiger partial charge in [-0.15, -0.1) is 0 Å². The average molecular weight is 336 g/mol. The van der Waals surface area contributed by atoms with Crippen LogP contribution >= 0.6 is 0 Å². The Labute approximate surface area is 146 Å². The Morgan fingerprint density at radius 3 is 2.68 bits per heavy atom. The molecule has 5 heteroatoms. The van der Waals surface area contributed by atoms with Crippen LogP contribution in [0.25, 0.3) is 22.2 Å². The molecule has 128 valence electrons. The lowest BCUT2D eigenvalue weighted by atomic mass is 10.0. The number of nitrogens with zero attached hydrogens (tertiary/aromatic N) is 2. The van der Waals surface area contributed by atoms with Gasteiger partial charge in [0.25, 0.3) is 0 Å². The fourth-order valence-electron chi connectivity index (χ4n) is 3.09. The summed E-state index contributed by atoms with van der Waals surface area (Å²) < 4.78 is 16.5. The monoisotopic (exact) mass is 336 g/mol. The Hall–Kier alpha value is -2.95. The highest BCUT2D eigenvalue weighted by atomic mass is 16.7. The molecule has 0 radical (unpaired) electrons. The molecule has 0 spiro atoms. The molecule has 0 aliphatic carbocycles. The molecule has 0 N–H and O–H groups in total. The topological polar surface area (TPSA) is 43.8 Å². The van der Waals surface area contributed by atoms with Gasteiger partial charge in [-0.25, -0.2) is 4.98 Å². The fourth-order valence-corrected chi connectivity index (χ4v) is 3.09. The molecule has 5 nitrogen and oxygen atoms in total. The molecule has 1 aliphatic heterocycles. The number of hydrogen-bond donors (Lipinski definition) is 0. The van der Waals surface area contributed by atoms with Gasteiger partial charge in [-0.3, -0.25) is 0 Å². The number of anilines is 1. The van der Waals surface area contributed by atoms with E-state index in [2.05, 4.69) is 36.1 Å². The molecule has 4 rings (SSSR count). The standard InChI is InChI=1S/C20H20N2O3/c1-12-7-16(21-17-10-14(22(2)3)5-6-15(12)17)13-8-18(23-4)20-19(9-13)24-11-25-20/h5-10H,11H2,1-4H3. The SMILES string of the molecule is COc1cc(-c2cc(C)c3ccc(N(C)C)cc3n2)cc2c1OCO2. The fraction of sp³-hybridized carbons (Fsp3) is 0.250. The second-order valence-corrected chi connectivity index (χ2v) is 6.33. The first-order valence-electron chi connectivity index (χ1n) is 8.13. The van der Waals surface area contributed by atoms with E-state index in [0.29, 0.717) is 17.2 Å². The lowest BCUT2D eigenvalue weighted by Crippen LogP contribution is -2.08. The third kappa shape index (κ3) is 2.61. The molecular formula is C20H20N2O3. The van der Waals surface area contributed by atoms with Crippen molar-refractivity contribution in [3.63, 3.8) is 0 Å². The van der Waals surface area contributed by atoms with Gasteiger partial charge >= 0.3 is 0 Å². The van der Waals surface area contributed by atoms with E-state index in [1.165, 1.54) is 5.56 Å². The van der Waals surface area contributed by atoms with E-state index in [4.69, 9.17) is 19.2 Å². The Morgan fingerprint density at radius 1 is 1.08 bits per heavy atom. The van der Waals surface area contributed by atoms with Gasteiger partial charge in [0, 0.05) is 30.7 Å². The van der Waals surface area contributed by atoms with E-state index >= 15 is 0 Å². The molecule has 0 amide bonds. The molecule has 3 aromatic rings. The van der Waals surface area contributed by atoms with Crippen LogP contribution in [0.5, 0.6) is 17.2 Å². The Bertz CT molecular complexity index is 967. The largest absolute Gasteiger partial charge is 0.493 e. The van der Waals surface area contributed by atoms with Crippen LogP contribution in [0.2, 0.25) is 0 Å². The third-order valence-electron chi connectivity index (χ3n) is 4.47. The van der Waals surface area contributed by atoms with E-state index < -0.39 is 0 Å². The minimum atomic E-state index is 0.214. The molecule has 2 heterocycles. The molecule has 0 unspecified atom stereocenters. The maximum absolute atomic E-state index is 5.53. The molecule has 0 fully saturated rings. The Balaban J connectivity index is 1.89. The third-order valence-corrected chi connectivity index (χ3v) is 4.47. The van der Waals surface area contributed by atoms with Gasteiger partial charge in [0.1, 0.15) is 0 Å². The van der Waals surface area contributed by atoms with E-state index in [1.54, 1.807) is 7.11 Å². The van der Waals surface area contributed by atoms with E-state index in [-0.39, 0.29) is 6.79 Å². The van der Waals surface area contributed by atoms with Gasteiger partial charge in [0.05, 0.1) is 18.3 Å². The summed E-state index contributed by atoms with van der Waals surface area (Å²) in [5.41, 5.74) is 5.11. The van der Waals surface area contributed by atoms with Gasteiger partial charge in [-0.05, 0) is 42.8 Å². The quantitative estimate of drug-likeness (QED) is 0.723. The number of hydrogen-bond acceptors (Lipinski definition) is 5. The second-order valence-electron chi connectivity index (χ2n) is 6.33. The predicted molar refractivity (Wildman–Crippen MR) is 98.9 cm³/mol. The maximum Gasteiger partial charge on any atom is 0.231 e. The van der Waals surface area contributed by atoms with Gasteiger partial charge in [-0.1, -0.05) is 6.07 Å². The number of pyridine rings is 1. The highest BCUT2D eigenvalue weighted by Gasteiger charge is 2.21. The van der Waals surface area contributed by atoms with Crippen LogP contribution in [-0.2, 0) is 0 Å². The van der Waals surface area contributed by atoms with Crippen LogP contribution in [-0.4, -0.2) is 33.0 Å². The number of ether oxygens (including phenoxy) is 3. The van der Waals surface area contributed by atoms with Crippen molar-refractivity contribution < 1.29 is 14.2 Å².